The number of aliphatic hydroxyl groups is 1. The first-order valence-corrected chi connectivity index (χ1v) is 6.44. The largest absolute Gasteiger partial charge is 0.396 e. The molecular formula is C15H24O. The third-order valence-electron chi connectivity index (χ3n) is 3.00. The van der Waals surface area contributed by atoms with Crippen LogP contribution in [-0.2, 0) is 12.8 Å². The molecule has 0 aliphatic rings. The second-order valence-corrected chi connectivity index (χ2v) is 4.67. The Morgan fingerprint density at radius 2 is 1.50 bits per heavy atom. The second kappa shape index (κ2) is 6.70. The average Bonchev–Trinajstić information content (AvgIpc) is 2.28. The topological polar surface area (TPSA) is 20.2 Å². The van der Waals surface area contributed by atoms with Gasteiger partial charge in [0.15, 0.2) is 0 Å². The Labute approximate surface area is 99.5 Å². The Balaban J connectivity index is 2.97. The Morgan fingerprint density at radius 1 is 1.00 bits per heavy atom. The lowest BCUT2D eigenvalue weighted by molar-refractivity contribution is 0.273. The number of aliphatic hydroxyl groups excluding tert-OH is 1. The molecule has 1 unspecified atom stereocenters. The summed E-state index contributed by atoms with van der Waals surface area (Å²) in [5.41, 5.74) is 4.13. The zero-order chi connectivity index (χ0) is 12.0. The number of aryl methyl sites for hydroxylation is 2. The van der Waals surface area contributed by atoms with Crippen LogP contribution >= 0.6 is 0 Å². The molecule has 0 spiro atoms. The maximum atomic E-state index is 9.23. The minimum Gasteiger partial charge on any atom is -0.396 e. The van der Waals surface area contributed by atoms with Crippen LogP contribution in [-0.4, -0.2) is 11.7 Å². The van der Waals surface area contributed by atoms with Crippen LogP contribution in [0.25, 0.3) is 0 Å². The molecule has 1 aromatic carbocycles. The standard InChI is InChI=1S/C15H24O/c1-4-6-13-8-14(7-5-2)10-15(9-13)12(3)11-16/h8-10,12,16H,4-7,11H2,1-3H3. The van der Waals surface area contributed by atoms with Crippen molar-refractivity contribution in [2.24, 2.45) is 0 Å². The molecule has 1 aromatic rings. The van der Waals surface area contributed by atoms with Gasteiger partial charge < -0.3 is 5.11 Å². The predicted molar refractivity (Wildman–Crippen MR) is 69.9 cm³/mol. The van der Waals surface area contributed by atoms with Crippen LogP contribution in [0, 0.1) is 0 Å². The van der Waals surface area contributed by atoms with Gasteiger partial charge in [-0.1, -0.05) is 51.8 Å². The summed E-state index contributed by atoms with van der Waals surface area (Å²) >= 11 is 0. The van der Waals surface area contributed by atoms with Crippen LogP contribution in [0.3, 0.4) is 0 Å². The molecule has 0 aliphatic heterocycles. The van der Waals surface area contributed by atoms with Crippen molar-refractivity contribution in [3.63, 3.8) is 0 Å². The van der Waals surface area contributed by atoms with E-state index in [9.17, 15) is 5.11 Å². The highest BCUT2D eigenvalue weighted by molar-refractivity contribution is 5.32. The Morgan fingerprint density at radius 3 is 1.88 bits per heavy atom. The van der Waals surface area contributed by atoms with Crippen molar-refractivity contribution in [3.8, 4) is 0 Å². The smallest absolute Gasteiger partial charge is 0.0497 e. The summed E-state index contributed by atoms with van der Waals surface area (Å²) in [6.07, 6.45) is 4.65. The van der Waals surface area contributed by atoms with Gasteiger partial charge in [-0.3, -0.25) is 0 Å². The fraction of sp³-hybridized carbons (Fsp3) is 0.600. The van der Waals surface area contributed by atoms with Gasteiger partial charge in [0.1, 0.15) is 0 Å². The molecule has 0 saturated heterocycles. The van der Waals surface area contributed by atoms with E-state index in [1.807, 2.05) is 0 Å². The van der Waals surface area contributed by atoms with Gasteiger partial charge in [0.2, 0.25) is 0 Å². The molecule has 0 saturated carbocycles. The van der Waals surface area contributed by atoms with E-state index in [-0.39, 0.29) is 12.5 Å². The van der Waals surface area contributed by atoms with Crippen LogP contribution < -0.4 is 0 Å². The van der Waals surface area contributed by atoms with Gasteiger partial charge >= 0.3 is 0 Å². The predicted octanol–water partition coefficient (Wildman–Crippen LogP) is 3.69. The average molecular weight is 220 g/mol. The van der Waals surface area contributed by atoms with E-state index in [1.54, 1.807) is 0 Å². The normalized spacial score (nSPS) is 12.8. The zero-order valence-corrected chi connectivity index (χ0v) is 10.8. The molecule has 1 nitrogen and oxygen atoms in total. The van der Waals surface area contributed by atoms with Gasteiger partial charge in [0.05, 0.1) is 0 Å². The van der Waals surface area contributed by atoms with E-state index >= 15 is 0 Å². The van der Waals surface area contributed by atoms with Crippen molar-refractivity contribution >= 4 is 0 Å². The van der Waals surface area contributed by atoms with E-state index in [4.69, 9.17) is 0 Å². The highest BCUT2D eigenvalue weighted by atomic mass is 16.3. The maximum Gasteiger partial charge on any atom is 0.0497 e. The summed E-state index contributed by atoms with van der Waals surface area (Å²) in [6, 6.07) is 6.83. The third-order valence-corrected chi connectivity index (χ3v) is 3.00. The minimum atomic E-state index is 0.237. The van der Waals surface area contributed by atoms with Gasteiger partial charge in [0.25, 0.3) is 0 Å². The molecular weight excluding hydrogens is 196 g/mol. The van der Waals surface area contributed by atoms with Gasteiger partial charge in [0, 0.05) is 12.5 Å². The summed E-state index contributed by atoms with van der Waals surface area (Å²) in [6.45, 7) is 6.74. The molecule has 0 bridgehead atoms. The van der Waals surface area contributed by atoms with Crippen molar-refractivity contribution in [2.75, 3.05) is 6.61 Å². The highest BCUT2D eigenvalue weighted by Gasteiger charge is 2.07. The lowest BCUT2D eigenvalue weighted by atomic mass is 9.94. The lowest BCUT2D eigenvalue weighted by Crippen LogP contribution is -2.01. The number of hydrogen-bond donors (Lipinski definition) is 1. The van der Waals surface area contributed by atoms with E-state index in [0.29, 0.717) is 0 Å². The first-order valence-electron chi connectivity index (χ1n) is 6.44. The second-order valence-electron chi connectivity index (χ2n) is 4.67. The fourth-order valence-electron chi connectivity index (χ4n) is 2.05. The fourth-order valence-corrected chi connectivity index (χ4v) is 2.05. The molecule has 0 aromatic heterocycles. The van der Waals surface area contributed by atoms with E-state index in [0.717, 1.165) is 12.8 Å². The van der Waals surface area contributed by atoms with Crippen LogP contribution in [0.15, 0.2) is 18.2 Å². The summed E-state index contributed by atoms with van der Waals surface area (Å²) < 4.78 is 0. The monoisotopic (exact) mass is 220 g/mol. The van der Waals surface area contributed by atoms with Crippen molar-refractivity contribution < 1.29 is 5.11 Å². The SMILES string of the molecule is CCCc1cc(CCC)cc(C(C)CO)c1. The molecule has 0 heterocycles. The third kappa shape index (κ3) is 3.64. The highest BCUT2D eigenvalue weighted by Crippen LogP contribution is 2.20. The molecule has 1 rings (SSSR count). The number of hydrogen-bond acceptors (Lipinski definition) is 1. The Hall–Kier alpha value is -0.820. The summed E-state index contributed by atoms with van der Waals surface area (Å²) in [5.74, 6) is 0.257. The van der Waals surface area contributed by atoms with Gasteiger partial charge in [-0.2, -0.15) is 0 Å². The molecule has 16 heavy (non-hydrogen) atoms. The molecule has 1 heteroatoms. The Kier molecular flexibility index (Phi) is 5.54. The Bertz CT molecular complexity index is 293. The molecule has 1 N–H and O–H groups in total. The van der Waals surface area contributed by atoms with Crippen LogP contribution in [0.4, 0.5) is 0 Å². The van der Waals surface area contributed by atoms with Crippen molar-refractivity contribution in [2.45, 2.75) is 52.4 Å². The first kappa shape index (κ1) is 13.2. The lowest BCUT2D eigenvalue weighted by Gasteiger charge is -2.13. The summed E-state index contributed by atoms with van der Waals surface area (Å²) in [7, 11) is 0. The molecule has 0 amide bonds. The number of rotatable bonds is 6. The van der Waals surface area contributed by atoms with Crippen molar-refractivity contribution in [1.82, 2.24) is 0 Å². The van der Waals surface area contributed by atoms with Gasteiger partial charge in [-0.05, 0) is 29.5 Å². The zero-order valence-electron chi connectivity index (χ0n) is 10.8. The molecule has 90 valence electrons. The molecule has 0 radical (unpaired) electrons. The molecule has 0 aliphatic carbocycles. The number of benzene rings is 1. The van der Waals surface area contributed by atoms with Gasteiger partial charge in [-0.15, -0.1) is 0 Å². The quantitative estimate of drug-likeness (QED) is 0.775. The summed E-state index contributed by atoms with van der Waals surface area (Å²) in [4.78, 5) is 0. The van der Waals surface area contributed by atoms with E-state index in [2.05, 4.69) is 39.0 Å². The van der Waals surface area contributed by atoms with Crippen LogP contribution in [0.2, 0.25) is 0 Å². The van der Waals surface area contributed by atoms with Crippen molar-refractivity contribution in [3.05, 3.63) is 34.9 Å². The minimum absolute atomic E-state index is 0.237. The van der Waals surface area contributed by atoms with Crippen LogP contribution in [0.5, 0.6) is 0 Å². The maximum absolute atomic E-state index is 9.23. The first-order chi connectivity index (χ1) is 7.71. The molecule has 1 atom stereocenters. The van der Waals surface area contributed by atoms with Gasteiger partial charge in [-0.25, -0.2) is 0 Å². The van der Waals surface area contributed by atoms with Crippen molar-refractivity contribution in [1.29, 1.82) is 0 Å². The summed E-state index contributed by atoms with van der Waals surface area (Å²) in [5, 5.41) is 9.23. The van der Waals surface area contributed by atoms with E-state index in [1.165, 1.54) is 29.5 Å². The van der Waals surface area contributed by atoms with E-state index < -0.39 is 0 Å². The van der Waals surface area contributed by atoms with Crippen LogP contribution in [0.1, 0.15) is 56.2 Å². The molecule has 0 fully saturated rings.